The second-order valence-electron chi connectivity index (χ2n) is 4.21. The maximum atomic E-state index is 14.2. The van der Waals surface area contributed by atoms with Gasteiger partial charge in [0.05, 0.1) is 0 Å². The number of piperidine rings is 1. The fourth-order valence-corrected chi connectivity index (χ4v) is 2.24. The Morgan fingerprint density at radius 1 is 1.20 bits per heavy atom. The van der Waals surface area contributed by atoms with Crippen LogP contribution in [0.3, 0.4) is 0 Å². The van der Waals surface area contributed by atoms with Gasteiger partial charge in [-0.3, -0.25) is 4.79 Å². The molecule has 15 heavy (non-hydrogen) atoms. The summed E-state index contributed by atoms with van der Waals surface area (Å²) in [5.74, 6) is -0.267. The van der Waals surface area contributed by atoms with Crippen molar-refractivity contribution in [2.24, 2.45) is 0 Å². The van der Waals surface area contributed by atoms with Crippen LogP contribution in [0.15, 0.2) is 0 Å². The lowest BCUT2D eigenvalue weighted by Gasteiger charge is -2.32. The number of amides is 1. The summed E-state index contributed by atoms with van der Waals surface area (Å²) in [6, 6.07) is 0. The summed E-state index contributed by atoms with van der Waals surface area (Å²) >= 11 is 0. The lowest BCUT2D eigenvalue weighted by atomic mass is 9.93. The number of carbonyl (C=O) groups is 1. The number of nitrogens with zero attached hydrogens (tertiary/aromatic N) is 1. The summed E-state index contributed by atoms with van der Waals surface area (Å²) in [5.41, 5.74) is -1.57. The number of likely N-dealkylation sites (tertiary alicyclic amines) is 1. The molecule has 2 rings (SSSR count). The van der Waals surface area contributed by atoms with Crippen molar-refractivity contribution in [2.45, 2.75) is 31.4 Å². The maximum Gasteiger partial charge on any atom is 0.260 e. The van der Waals surface area contributed by atoms with E-state index in [4.69, 9.17) is 0 Å². The molecule has 88 valence electrons. The van der Waals surface area contributed by atoms with Crippen molar-refractivity contribution >= 4 is 18.3 Å². The van der Waals surface area contributed by atoms with Crippen molar-refractivity contribution in [3.8, 4) is 0 Å². The molecule has 0 spiro atoms. The van der Waals surface area contributed by atoms with Crippen LogP contribution in [0, 0.1) is 0 Å². The van der Waals surface area contributed by atoms with Gasteiger partial charge < -0.3 is 10.2 Å². The van der Waals surface area contributed by atoms with Gasteiger partial charge in [0.15, 0.2) is 5.67 Å². The van der Waals surface area contributed by atoms with E-state index in [1.54, 1.807) is 4.90 Å². The van der Waals surface area contributed by atoms with E-state index in [0.29, 0.717) is 25.9 Å². The van der Waals surface area contributed by atoms with Crippen LogP contribution in [0.2, 0.25) is 0 Å². The van der Waals surface area contributed by atoms with E-state index in [2.05, 4.69) is 5.32 Å². The van der Waals surface area contributed by atoms with Crippen molar-refractivity contribution in [1.29, 1.82) is 0 Å². The van der Waals surface area contributed by atoms with Gasteiger partial charge in [0, 0.05) is 25.9 Å². The molecule has 0 aromatic rings. The Morgan fingerprint density at radius 3 is 2.27 bits per heavy atom. The summed E-state index contributed by atoms with van der Waals surface area (Å²) in [4.78, 5) is 13.5. The molecule has 2 saturated heterocycles. The Morgan fingerprint density at radius 2 is 1.73 bits per heavy atom. The molecule has 2 aliphatic rings. The minimum absolute atomic E-state index is 0. The third-order valence-corrected chi connectivity index (χ3v) is 3.17. The second-order valence-corrected chi connectivity index (χ2v) is 4.21. The van der Waals surface area contributed by atoms with Crippen LogP contribution in [-0.4, -0.2) is 42.7 Å². The maximum absolute atomic E-state index is 14.2. The first-order chi connectivity index (χ1) is 6.72. The third kappa shape index (κ3) is 2.61. The van der Waals surface area contributed by atoms with Crippen LogP contribution in [-0.2, 0) is 4.79 Å². The molecule has 3 nitrogen and oxygen atoms in total. The molecular weight excluding hydrogens is 219 g/mol. The molecule has 1 N–H and O–H groups in total. The van der Waals surface area contributed by atoms with Crippen LogP contribution in [0.1, 0.15) is 25.7 Å². The zero-order chi connectivity index (χ0) is 10.0. The van der Waals surface area contributed by atoms with E-state index < -0.39 is 5.67 Å². The van der Waals surface area contributed by atoms with Crippen molar-refractivity contribution in [2.75, 3.05) is 26.2 Å². The number of hydrogen-bond acceptors (Lipinski definition) is 2. The van der Waals surface area contributed by atoms with Crippen LogP contribution in [0.5, 0.6) is 0 Å². The molecule has 2 aliphatic heterocycles. The third-order valence-electron chi connectivity index (χ3n) is 3.17. The molecule has 1 amide bonds. The minimum Gasteiger partial charge on any atom is -0.340 e. The highest BCUT2D eigenvalue weighted by atomic mass is 35.5. The van der Waals surface area contributed by atoms with Crippen LogP contribution in [0.25, 0.3) is 0 Å². The fourth-order valence-electron chi connectivity index (χ4n) is 2.24. The van der Waals surface area contributed by atoms with E-state index in [0.717, 1.165) is 25.9 Å². The highest BCUT2D eigenvalue weighted by Gasteiger charge is 2.42. The number of hydrogen-bond donors (Lipinski definition) is 1. The van der Waals surface area contributed by atoms with Gasteiger partial charge in [-0.25, -0.2) is 4.39 Å². The lowest BCUT2D eigenvalue weighted by Crippen LogP contribution is -2.50. The second kappa shape index (κ2) is 5.12. The number of nitrogens with one attached hydrogen (secondary N) is 1. The summed E-state index contributed by atoms with van der Waals surface area (Å²) in [5, 5.41) is 3.07. The molecule has 0 atom stereocenters. The van der Waals surface area contributed by atoms with Crippen molar-refractivity contribution < 1.29 is 9.18 Å². The normalized spacial score (nSPS) is 24.7. The monoisotopic (exact) mass is 236 g/mol. The van der Waals surface area contributed by atoms with Crippen molar-refractivity contribution in [3.63, 3.8) is 0 Å². The first-order valence-electron chi connectivity index (χ1n) is 5.41. The van der Waals surface area contributed by atoms with E-state index >= 15 is 0 Å². The van der Waals surface area contributed by atoms with Crippen LogP contribution in [0.4, 0.5) is 4.39 Å². The molecule has 0 bridgehead atoms. The number of alkyl halides is 1. The Balaban J connectivity index is 0.00000112. The Kier molecular flexibility index (Phi) is 4.34. The first kappa shape index (κ1) is 12.7. The van der Waals surface area contributed by atoms with Gasteiger partial charge in [0.2, 0.25) is 0 Å². The highest BCUT2D eigenvalue weighted by Crippen LogP contribution is 2.27. The minimum atomic E-state index is -1.57. The number of halogens is 2. The summed E-state index contributed by atoms with van der Waals surface area (Å²) in [6.45, 7) is 2.74. The Labute approximate surface area is 95.8 Å². The van der Waals surface area contributed by atoms with E-state index in [9.17, 15) is 9.18 Å². The SMILES string of the molecule is Cl.O=C(N1CCCC1)C1(F)CCNCC1. The van der Waals surface area contributed by atoms with Crippen LogP contribution >= 0.6 is 12.4 Å². The zero-order valence-corrected chi connectivity index (χ0v) is 9.62. The predicted molar refractivity (Wildman–Crippen MR) is 59.0 cm³/mol. The largest absolute Gasteiger partial charge is 0.340 e. The van der Waals surface area contributed by atoms with Gasteiger partial charge in [-0.15, -0.1) is 12.4 Å². The predicted octanol–water partition coefficient (Wildman–Crippen LogP) is 1.12. The highest BCUT2D eigenvalue weighted by molar-refractivity contribution is 5.85. The molecule has 0 aliphatic carbocycles. The summed E-state index contributed by atoms with van der Waals surface area (Å²) < 4.78 is 14.2. The fraction of sp³-hybridized carbons (Fsp3) is 0.900. The number of carbonyl (C=O) groups excluding carboxylic acids is 1. The van der Waals surface area contributed by atoms with Crippen LogP contribution < -0.4 is 5.32 Å². The molecule has 2 fully saturated rings. The van der Waals surface area contributed by atoms with Gasteiger partial charge in [0.1, 0.15) is 0 Å². The van der Waals surface area contributed by atoms with Gasteiger partial charge >= 0.3 is 0 Å². The zero-order valence-electron chi connectivity index (χ0n) is 8.80. The average molecular weight is 237 g/mol. The molecule has 2 heterocycles. The summed E-state index contributed by atoms with van der Waals surface area (Å²) in [6.07, 6.45) is 2.73. The van der Waals surface area contributed by atoms with E-state index in [1.807, 2.05) is 0 Å². The van der Waals surface area contributed by atoms with Gasteiger partial charge in [-0.2, -0.15) is 0 Å². The molecule has 0 aromatic heterocycles. The molecule has 0 saturated carbocycles. The molecular formula is C10H18ClFN2O. The smallest absolute Gasteiger partial charge is 0.260 e. The Bertz CT molecular complexity index is 225. The standard InChI is InChI=1S/C10H17FN2O.ClH/c11-10(3-5-12-6-4-10)9(14)13-7-1-2-8-13;/h12H,1-8H2;1H. The lowest BCUT2D eigenvalue weighted by molar-refractivity contribution is -0.144. The molecule has 0 aromatic carbocycles. The molecule has 0 radical (unpaired) electrons. The summed E-state index contributed by atoms with van der Waals surface area (Å²) in [7, 11) is 0. The van der Waals surface area contributed by atoms with Gasteiger partial charge in [-0.05, 0) is 25.9 Å². The number of rotatable bonds is 1. The van der Waals surface area contributed by atoms with Gasteiger partial charge in [0.25, 0.3) is 5.91 Å². The quantitative estimate of drug-likeness (QED) is 0.740. The van der Waals surface area contributed by atoms with E-state index in [1.165, 1.54) is 0 Å². The van der Waals surface area contributed by atoms with Gasteiger partial charge in [-0.1, -0.05) is 0 Å². The topological polar surface area (TPSA) is 32.3 Å². The van der Waals surface area contributed by atoms with Crippen molar-refractivity contribution in [3.05, 3.63) is 0 Å². The average Bonchev–Trinajstić information content (AvgIpc) is 2.70. The molecule has 0 unspecified atom stereocenters. The Hall–Kier alpha value is -0.350. The molecule has 5 heteroatoms. The first-order valence-corrected chi connectivity index (χ1v) is 5.41. The van der Waals surface area contributed by atoms with E-state index in [-0.39, 0.29) is 18.3 Å². The van der Waals surface area contributed by atoms with Crippen molar-refractivity contribution in [1.82, 2.24) is 10.2 Å².